The number of methoxy groups -OCH3 is 1. The van der Waals surface area contributed by atoms with Gasteiger partial charge in [-0.1, -0.05) is 30.3 Å². The molecule has 0 saturated carbocycles. The number of carbonyl (C=O) groups excluding carboxylic acids is 3. The molecule has 0 atom stereocenters. The van der Waals surface area contributed by atoms with Crippen LogP contribution >= 0.6 is 11.3 Å². The van der Waals surface area contributed by atoms with Crippen molar-refractivity contribution in [3.8, 4) is 11.5 Å². The normalized spacial score (nSPS) is 10.3. The van der Waals surface area contributed by atoms with Crippen LogP contribution in [0.1, 0.15) is 32.5 Å². The van der Waals surface area contributed by atoms with Gasteiger partial charge in [0.1, 0.15) is 16.5 Å². The SMILES string of the molecule is CCOc1ccccc1NC(=O)c1sc(NC(=O)COc2ccccc2)c(C(=O)OC)c1C. The molecule has 0 fully saturated rings. The molecule has 33 heavy (non-hydrogen) atoms. The second-order valence-electron chi connectivity index (χ2n) is 6.79. The van der Waals surface area contributed by atoms with Gasteiger partial charge in [-0.25, -0.2) is 4.79 Å². The Labute approximate surface area is 195 Å². The number of benzene rings is 2. The Morgan fingerprint density at radius 3 is 2.33 bits per heavy atom. The Kier molecular flexibility index (Phi) is 8.04. The van der Waals surface area contributed by atoms with Gasteiger partial charge in [0.2, 0.25) is 0 Å². The van der Waals surface area contributed by atoms with Crippen LogP contribution in [-0.4, -0.2) is 38.1 Å². The first-order chi connectivity index (χ1) is 15.9. The maximum absolute atomic E-state index is 13.0. The van der Waals surface area contributed by atoms with Gasteiger partial charge in [0.25, 0.3) is 11.8 Å². The van der Waals surface area contributed by atoms with E-state index < -0.39 is 17.8 Å². The first-order valence-electron chi connectivity index (χ1n) is 10.2. The number of nitrogens with one attached hydrogen (secondary N) is 2. The van der Waals surface area contributed by atoms with Crippen molar-refractivity contribution in [1.29, 1.82) is 0 Å². The second-order valence-corrected chi connectivity index (χ2v) is 7.81. The minimum absolute atomic E-state index is 0.124. The minimum Gasteiger partial charge on any atom is -0.492 e. The zero-order valence-electron chi connectivity index (χ0n) is 18.5. The Morgan fingerprint density at radius 1 is 0.939 bits per heavy atom. The van der Waals surface area contributed by atoms with E-state index in [2.05, 4.69) is 10.6 Å². The van der Waals surface area contributed by atoms with Crippen LogP contribution in [-0.2, 0) is 9.53 Å². The average molecular weight is 469 g/mol. The molecular weight excluding hydrogens is 444 g/mol. The van der Waals surface area contributed by atoms with Crippen LogP contribution in [0.25, 0.3) is 0 Å². The largest absolute Gasteiger partial charge is 0.492 e. The van der Waals surface area contributed by atoms with Gasteiger partial charge < -0.3 is 24.8 Å². The average Bonchev–Trinajstić information content (AvgIpc) is 3.15. The lowest BCUT2D eigenvalue weighted by Crippen LogP contribution is -2.21. The summed E-state index contributed by atoms with van der Waals surface area (Å²) in [5.74, 6) is -0.495. The minimum atomic E-state index is -0.656. The Hall–Kier alpha value is -3.85. The number of ether oxygens (including phenoxy) is 3. The van der Waals surface area contributed by atoms with Crippen LogP contribution in [0, 0.1) is 6.92 Å². The number of hydrogen-bond acceptors (Lipinski definition) is 7. The molecule has 1 aromatic heterocycles. The topological polar surface area (TPSA) is 103 Å². The number of anilines is 2. The number of para-hydroxylation sites is 3. The van der Waals surface area contributed by atoms with E-state index in [1.54, 1.807) is 55.5 Å². The molecule has 8 nitrogen and oxygen atoms in total. The van der Waals surface area contributed by atoms with Gasteiger partial charge in [-0.15, -0.1) is 11.3 Å². The highest BCUT2D eigenvalue weighted by Crippen LogP contribution is 2.35. The number of rotatable bonds is 9. The van der Waals surface area contributed by atoms with Crippen molar-refractivity contribution < 1.29 is 28.6 Å². The lowest BCUT2D eigenvalue weighted by Gasteiger charge is -2.11. The quantitative estimate of drug-likeness (QED) is 0.448. The van der Waals surface area contributed by atoms with Gasteiger partial charge in [-0.2, -0.15) is 0 Å². The smallest absolute Gasteiger partial charge is 0.341 e. The third-order valence-electron chi connectivity index (χ3n) is 4.54. The number of carbonyl (C=O) groups is 3. The summed E-state index contributed by atoms with van der Waals surface area (Å²) in [4.78, 5) is 38.1. The van der Waals surface area contributed by atoms with Crippen LogP contribution in [0.2, 0.25) is 0 Å². The summed E-state index contributed by atoms with van der Waals surface area (Å²) < 4.78 is 15.9. The van der Waals surface area contributed by atoms with Gasteiger partial charge in [0, 0.05) is 0 Å². The number of hydrogen-bond donors (Lipinski definition) is 2. The van der Waals surface area contributed by atoms with Gasteiger partial charge >= 0.3 is 5.97 Å². The molecule has 172 valence electrons. The fraction of sp³-hybridized carbons (Fsp3) is 0.208. The maximum atomic E-state index is 13.0. The van der Waals surface area contributed by atoms with E-state index in [4.69, 9.17) is 14.2 Å². The Morgan fingerprint density at radius 2 is 1.64 bits per heavy atom. The molecule has 0 aliphatic carbocycles. The van der Waals surface area contributed by atoms with E-state index >= 15 is 0 Å². The molecule has 3 aromatic rings. The molecule has 3 rings (SSSR count). The fourth-order valence-electron chi connectivity index (χ4n) is 3.02. The van der Waals surface area contributed by atoms with Crippen molar-refractivity contribution in [2.75, 3.05) is 31.0 Å². The lowest BCUT2D eigenvalue weighted by molar-refractivity contribution is -0.118. The highest BCUT2D eigenvalue weighted by molar-refractivity contribution is 7.19. The number of thiophene rings is 1. The van der Waals surface area contributed by atoms with Gasteiger partial charge in [0.15, 0.2) is 6.61 Å². The van der Waals surface area contributed by atoms with E-state index in [1.807, 2.05) is 13.0 Å². The molecule has 9 heteroatoms. The van der Waals surface area contributed by atoms with Gasteiger partial charge in [-0.3, -0.25) is 9.59 Å². The first kappa shape index (κ1) is 23.8. The third kappa shape index (κ3) is 5.89. The number of amides is 2. The van der Waals surface area contributed by atoms with Crippen molar-refractivity contribution in [2.45, 2.75) is 13.8 Å². The fourth-order valence-corrected chi connectivity index (χ4v) is 4.13. The Bertz CT molecular complexity index is 1140. The zero-order chi connectivity index (χ0) is 23.8. The predicted octanol–water partition coefficient (Wildman–Crippen LogP) is 4.51. The molecule has 0 spiro atoms. The third-order valence-corrected chi connectivity index (χ3v) is 5.75. The molecule has 2 N–H and O–H groups in total. The lowest BCUT2D eigenvalue weighted by atomic mass is 10.1. The molecule has 1 heterocycles. The molecule has 2 amide bonds. The second kappa shape index (κ2) is 11.1. The van der Waals surface area contributed by atoms with Crippen LogP contribution in [0.3, 0.4) is 0 Å². The summed E-state index contributed by atoms with van der Waals surface area (Å²) >= 11 is 0.985. The molecule has 0 aliphatic rings. The monoisotopic (exact) mass is 468 g/mol. The molecule has 0 saturated heterocycles. The van der Waals surface area contributed by atoms with Gasteiger partial charge in [-0.05, 0) is 43.7 Å². The highest BCUT2D eigenvalue weighted by atomic mass is 32.1. The van der Waals surface area contributed by atoms with E-state index in [0.717, 1.165) is 11.3 Å². The van der Waals surface area contributed by atoms with Gasteiger partial charge in [0.05, 0.1) is 29.8 Å². The van der Waals surface area contributed by atoms with E-state index in [0.29, 0.717) is 29.4 Å². The number of esters is 1. The van der Waals surface area contributed by atoms with Crippen molar-refractivity contribution >= 4 is 39.8 Å². The summed E-state index contributed by atoms with van der Waals surface area (Å²) in [5.41, 5.74) is 1.02. The molecule has 0 unspecified atom stereocenters. The standard InChI is InChI=1S/C24H24N2O6S/c1-4-31-18-13-9-8-12-17(18)25-22(28)21-15(2)20(24(29)30-3)23(33-21)26-19(27)14-32-16-10-6-5-7-11-16/h5-13H,4,14H2,1-3H3,(H,25,28)(H,26,27). The highest BCUT2D eigenvalue weighted by Gasteiger charge is 2.27. The summed E-state index contributed by atoms with van der Waals surface area (Å²) in [7, 11) is 1.24. The van der Waals surface area contributed by atoms with Crippen molar-refractivity contribution in [3.05, 3.63) is 70.6 Å². The summed E-state index contributed by atoms with van der Waals surface area (Å²) in [5, 5.41) is 5.68. The maximum Gasteiger partial charge on any atom is 0.341 e. The van der Waals surface area contributed by atoms with E-state index in [1.165, 1.54) is 7.11 Å². The van der Waals surface area contributed by atoms with E-state index in [9.17, 15) is 14.4 Å². The summed E-state index contributed by atoms with van der Waals surface area (Å²) in [6, 6.07) is 15.9. The van der Waals surface area contributed by atoms with Crippen molar-refractivity contribution in [3.63, 3.8) is 0 Å². The van der Waals surface area contributed by atoms with Crippen LogP contribution in [0.15, 0.2) is 54.6 Å². The molecule has 0 bridgehead atoms. The van der Waals surface area contributed by atoms with Crippen molar-refractivity contribution in [1.82, 2.24) is 0 Å². The molecule has 0 radical (unpaired) electrons. The van der Waals surface area contributed by atoms with Crippen LogP contribution in [0.4, 0.5) is 10.7 Å². The van der Waals surface area contributed by atoms with Crippen LogP contribution < -0.4 is 20.1 Å². The first-order valence-corrected chi connectivity index (χ1v) is 11.0. The summed E-state index contributed by atoms with van der Waals surface area (Å²) in [6.07, 6.45) is 0. The molecule has 0 aliphatic heterocycles. The predicted molar refractivity (Wildman–Crippen MR) is 127 cm³/mol. The van der Waals surface area contributed by atoms with E-state index in [-0.39, 0.29) is 22.0 Å². The zero-order valence-corrected chi connectivity index (χ0v) is 19.3. The van der Waals surface area contributed by atoms with Crippen LogP contribution in [0.5, 0.6) is 11.5 Å². The summed E-state index contributed by atoms with van der Waals surface area (Å²) in [6.45, 7) is 3.66. The molecule has 2 aromatic carbocycles. The van der Waals surface area contributed by atoms with Crippen molar-refractivity contribution in [2.24, 2.45) is 0 Å². The Balaban J connectivity index is 1.81. The molecular formula is C24H24N2O6S.